The number of halogens is 2. The van der Waals surface area contributed by atoms with Crippen molar-refractivity contribution in [2.24, 2.45) is 10.9 Å². The Hall–Kier alpha value is -3.02. The van der Waals surface area contributed by atoms with Crippen molar-refractivity contribution >= 4 is 40.1 Å². The summed E-state index contributed by atoms with van der Waals surface area (Å²) >= 11 is 1.05. The van der Waals surface area contributed by atoms with Gasteiger partial charge in [-0.05, 0) is 43.3 Å². The van der Waals surface area contributed by atoms with E-state index in [9.17, 15) is 18.4 Å². The van der Waals surface area contributed by atoms with Crippen LogP contribution in [0.1, 0.15) is 6.92 Å². The molecule has 2 atom stereocenters. The van der Waals surface area contributed by atoms with Gasteiger partial charge in [0.1, 0.15) is 23.5 Å². The van der Waals surface area contributed by atoms with Gasteiger partial charge in [-0.1, -0.05) is 11.8 Å². The molecule has 0 radical (unpaired) electrons. The van der Waals surface area contributed by atoms with Crippen molar-refractivity contribution in [2.75, 3.05) is 29.1 Å². The Bertz CT molecular complexity index is 1050. The van der Waals surface area contributed by atoms with Gasteiger partial charge in [0.05, 0.1) is 29.7 Å². The topological polar surface area (TPSA) is 95.1 Å². The summed E-state index contributed by atoms with van der Waals surface area (Å²) < 4.78 is 32.3. The van der Waals surface area contributed by atoms with Gasteiger partial charge in [-0.3, -0.25) is 19.9 Å². The summed E-state index contributed by atoms with van der Waals surface area (Å²) in [6, 6.07) is 9.93. The highest BCUT2D eigenvalue weighted by Gasteiger charge is 2.42. The van der Waals surface area contributed by atoms with E-state index in [0.29, 0.717) is 35.8 Å². The minimum absolute atomic E-state index is 0.122. The summed E-state index contributed by atoms with van der Waals surface area (Å²) in [7, 11) is 0. The lowest BCUT2D eigenvalue weighted by molar-refractivity contribution is -0.121. The van der Waals surface area contributed by atoms with Gasteiger partial charge in [0, 0.05) is 12.6 Å². The Morgan fingerprint density at radius 3 is 2.78 bits per heavy atom. The molecule has 2 amide bonds. The smallest absolute Gasteiger partial charge is 0.241 e. The number of nitrogens with zero attached hydrogens (tertiary/aromatic N) is 2. The van der Waals surface area contributed by atoms with Crippen LogP contribution >= 0.6 is 11.8 Å². The fraction of sp³-hybridized carbons (Fsp3) is 0.286. The zero-order valence-corrected chi connectivity index (χ0v) is 17.9. The molecule has 2 aliphatic heterocycles. The number of anilines is 2. The van der Waals surface area contributed by atoms with Crippen LogP contribution < -0.4 is 25.8 Å². The number of benzene rings is 2. The quantitative estimate of drug-likeness (QED) is 0.612. The number of amidine groups is 1. The number of fused-ring (bicyclic) bond motifs is 1. The summed E-state index contributed by atoms with van der Waals surface area (Å²) in [6.45, 7) is 2.84. The van der Waals surface area contributed by atoms with Crippen molar-refractivity contribution in [3.63, 3.8) is 0 Å². The highest BCUT2D eigenvalue weighted by atomic mass is 32.2. The molecule has 3 N–H and O–H groups in total. The molecule has 1 saturated heterocycles. The minimum atomic E-state index is -0.867. The van der Waals surface area contributed by atoms with E-state index < -0.39 is 23.7 Å². The highest BCUT2D eigenvalue weighted by Crippen LogP contribution is 2.30. The van der Waals surface area contributed by atoms with Crippen LogP contribution in [0.4, 0.5) is 20.2 Å². The monoisotopic (exact) mass is 461 g/mol. The number of amides is 2. The first kappa shape index (κ1) is 22.2. The average Bonchev–Trinajstić information content (AvgIpc) is 3.24. The Kier molecular flexibility index (Phi) is 6.68. The number of rotatable bonds is 6. The standard InChI is InChI=1S/C21H21F2N5O3S/c1-2-31-14-6-4-13(5-7-14)28-20(30)15-10-24-27-19(15)26-21(28)32-11-18(29)25-17-8-3-12(22)9-16(17)23/h3-9,15,19,24,27H,2,10-11H2,1H3,(H,25,29). The van der Waals surface area contributed by atoms with Crippen LogP contribution in [0.5, 0.6) is 5.75 Å². The van der Waals surface area contributed by atoms with Crippen LogP contribution in [0.25, 0.3) is 0 Å². The van der Waals surface area contributed by atoms with E-state index in [1.165, 1.54) is 4.90 Å². The average molecular weight is 461 g/mol. The van der Waals surface area contributed by atoms with E-state index in [1.54, 1.807) is 24.3 Å². The van der Waals surface area contributed by atoms with Crippen LogP contribution in [0.15, 0.2) is 47.5 Å². The maximum Gasteiger partial charge on any atom is 0.241 e. The van der Waals surface area contributed by atoms with E-state index in [4.69, 9.17) is 4.74 Å². The Labute approximate surface area is 187 Å². The molecule has 0 aromatic heterocycles. The van der Waals surface area contributed by atoms with Gasteiger partial charge in [0.25, 0.3) is 0 Å². The van der Waals surface area contributed by atoms with Crippen molar-refractivity contribution in [3.05, 3.63) is 54.1 Å². The van der Waals surface area contributed by atoms with E-state index in [1.807, 2.05) is 6.92 Å². The number of carbonyl (C=O) groups excluding carboxylic acids is 2. The molecular formula is C21H21F2N5O3S. The Balaban J connectivity index is 1.51. The molecule has 2 unspecified atom stereocenters. The van der Waals surface area contributed by atoms with Crippen LogP contribution in [-0.2, 0) is 9.59 Å². The van der Waals surface area contributed by atoms with Gasteiger partial charge in [-0.2, -0.15) is 0 Å². The Morgan fingerprint density at radius 2 is 2.06 bits per heavy atom. The van der Waals surface area contributed by atoms with E-state index >= 15 is 0 Å². The first-order chi connectivity index (χ1) is 15.5. The summed E-state index contributed by atoms with van der Waals surface area (Å²) in [6.07, 6.45) is -0.443. The normalized spacial score (nSPS) is 20.0. The number of thioether (sulfide) groups is 1. The van der Waals surface area contributed by atoms with Gasteiger partial charge in [-0.25, -0.2) is 19.2 Å². The van der Waals surface area contributed by atoms with Crippen LogP contribution in [0, 0.1) is 17.6 Å². The predicted octanol–water partition coefficient (Wildman–Crippen LogP) is 2.49. The summed E-state index contributed by atoms with van der Waals surface area (Å²) in [4.78, 5) is 31.6. The number of hydrogen-bond donors (Lipinski definition) is 3. The van der Waals surface area contributed by atoms with Gasteiger partial charge in [-0.15, -0.1) is 0 Å². The molecular weight excluding hydrogens is 440 g/mol. The summed E-state index contributed by atoms with van der Waals surface area (Å²) in [5.41, 5.74) is 6.36. The first-order valence-corrected chi connectivity index (χ1v) is 11.0. The zero-order valence-electron chi connectivity index (χ0n) is 17.1. The molecule has 4 rings (SSSR count). The fourth-order valence-corrected chi connectivity index (χ4v) is 4.22. The number of ether oxygens (including phenoxy) is 1. The fourth-order valence-electron chi connectivity index (χ4n) is 3.37. The summed E-state index contributed by atoms with van der Waals surface area (Å²) in [5.74, 6) is -2.10. The highest BCUT2D eigenvalue weighted by molar-refractivity contribution is 8.14. The van der Waals surface area contributed by atoms with Gasteiger partial charge in [0.2, 0.25) is 11.8 Å². The van der Waals surface area contributed by atoms with Crippen molar-refractivity contribution in [1.29, 1.82) is 0 Å². The molecule has 32 heavy (non-hydrogen) atoms. The number of hydrazine groups is 1. The number of carbonyl (C=O) groups is 2. The molecule has 2 aromatic carbocycles. The third kappa shape index (κ3) is 4.74. The lowest BCUT2D eigenvalue weighted by atomic mass is 10.0. The van der Waals surface area contributed by atoms with Crippen LogP contribution in [0.2, 0.25) is 0 Å². The lowest BCUT2D eigenvalue weighted by Crippen LogP contribution is -2.49. The number of aliphatic imine (C=N–C) groups is 1. The summed E-state index contributed by atoms with van der Waals surface area (Å²) in [5, 5.41) is 2.75. The molecule has 0 saturated carbocycles. The Morgan fingerprint density at radius 1 is 1.28 bits per heavy atom. The van der Waals surface area contributed by atoms with E-state index in [-0.39, 0.29) is 23.3 Å². The molecule has 1 fully saturated rings. The second kappa shape index (κ2) is 9.63. The molecule has 2 aliphatic rings. The minimum Gasteiger partial charge on any atom is -0.494 e. The largest absolute Gasteiger partial charge is 0.494 e. The molecule has 2 heterocycles. The number of nitrogens with one attached hydrogen (secondary N) is 3. The SMILES string of the molecule is CCOc1ccc(N2C(=O)C3CNNC3N=C2SCC(=O)Nc2ccc(F)cc2F)cc1. The van der Waals surface area contributed by atoms with E-state index in [2.05, 4.69) is 21.2 Å². The third-order valence-electron chi connectivity index (χ3n) is 4.87. The second-order valence-corrected chi connectivity index (χ2v) is 7.99. The van der Waals surface area contributed by atoms with Crippen LogP contribution in [-0.4, -0.2) is 42.1 Å². The second-order valence-electron chi connectivity index (χ2n) is 7.05. The van der Waals surface area contributed by atoms with Crippen molar-refractivity contribution in [2.45, 2.75) is 13.1 Å². The first-order valence-electron chi connectivity index (χ1n) is 9.97. The number of hydrogen-bond acceptors (Lipinski definition) is 7. The van der Waals surface area contributed by atoms with Crippen molar-refractivity contribution < 1.29 is 23.1 Å². The van der Waals surface area contributed by atoms with Gasteiger partial charge >= 0.3 is 0 Å². The third-order valence-corrected chi connectivity index (χ3v) is 5.83. The molecule has 168 valence electrons. The molecule has 0 aliphatic carbocycles. The molecule has 0 spiro atoms. The van der Waals surface area contributed by atoms with Gasteiger partial charge < -0.3 is 10.1 Å². The maximum atomic E-state index is 13.8. The van der Waals surface area contributed by atoms with Crippen molar-refractivity contribution in [1.82, 2.24) is 10.9 Å². The van der Waals surface area contributed by atoms with Crippen molar-refractivity contribution in [3.8, 4) is 5.75 Å². The molecule has 11 heteroatoms. The molecule has 2 aromatic rings. The zero-order chi connectivity index (χ0) is 22.7. The van der Waals surface area contributed by atoms with Crippen LogP contribution in [0.3, 0.4) is 0 Å². The van der Waals surface area contributed by atoms with Gasteiger partial charge in [0.15, 0.2) is 5.17 Å². The lowest BCUT2D eigenvalue weighted by Gasteiger charge is -2.32. The predicted molar refractivity (Wildman–Crippen MR) is 118 cm³/mol. The molecule has 0 bridgehead atoms. The maximum absolute atomic E-state index is 13.8. The molecule has 8 nitrogen and oxygen atoms in total. The van der Waals surface area contributed by atoms with E-state index in [0.717, 1.165) is 23.9 Å².